The third kappa shape index (κ3) is 2.28. The number of ether oxygens (including phenoxy) is 3. The highest BCUT2D eigenvalue weighted by atomic mass is 16.7. The molecule has 0 radical (unpaired) electrons. The second-order valence-electron chi connectivity index (χ2n) is 3.37. The van der Waals surface area contributed by atoms with Crippen LogP contribution in [0.2, 0.25) is 0 Å². The first kappa shape index (κ1) is 10.8. The fraction of sp³-hybridized carbons (Fsp3) is 0.333. The minimum atomic E-state index is -0.291. The van der Waals surface area contributed by atoms with E-state index < -0.39 is 0 Å². The molecule has 1 N–H and O–H groups in total. The summed E-state index contributed by atoms with van der Waals surface area (Å²) in [6.07, 6.45) is 2.10. The van der Waals surface area contributed by atoms with Crippen molar-refractivity contribution in [2.75, 3.05) is 13.2 Å². The van der Waals surface area contributed by atoms with E-state index in [9.17, 15) is 0 Å². The van der Waals surface area contributed by atoms with Gasteiger partial charge in [-0.25, -0.2) is 0 Å². The zero-order valence-corrected chi connectivity index (χ0v) is 8.89. The quantitative estimate of drug-likeness (QED) is 0.771. The van der Waals surface area contributed by atoms with Gasteiger partial charge < -0.3 is 19.3 Å². The first-order valence-electron chi connectivity index (χ1n) is 5.15. The van der Waals surface area contributed by atoms with Crippen LogP contribution in [0.3, 0.4) is 0 Å². The van der Waals surface area contributed by atoms with Gasteiger partial charge in [0, 0.05) is 12.5 Å². The van der Waals surface area contributed by atoms with Gasteiger partial charge in [-0.15, -0.1) is 6.58 Å². The van der Waals surface area contributed by atoms with E-state index in [-0.39, 0.29) is 19.5 Å². The first-order valence-corrected chi connectivity index (χ1v) is 5.15. The number of aliphatic hydroxyl groups excluding tert-OH is 1. The molecule has 4 nitrogen and oxygen atoms in total. The zero-order valence-electron chi connectivity index (χ0n) is 8.89. The van der Waals surface area contributed by atoms with Crippen molar-refractivity contribution >= 4 is 0 Å². The molecule has 0 saturated heterocycles. The van der Waals surface area contributed by atoms with Crippen molar-refractivity contribution in [1.29, 1.82) is 0 Å². The van der Waals surface area contributed by atoms with Gasteiger partial charge in [-0.3, -0.25) is 0 Å². The van der Waals surface area contributed by atoms with Crippen molar-refractivity contribution in [2.45, 2.75) is 12.7 Å². The lowest BCUT2D eigenvalue weighted by atomic mass is 10.3. The summed E-state index contributed by atoms with van der Waals surface area (Å²) in [7, 11) is 0. The Kier molecular flexibility index (Phi) is 3.31. The lowest BCUT2D eigenvalue weighted by Crippen LogP contribution is -2.16. The minimum Gasteiger partial charge on any atom is -0.491 e. The first-order chi connectivity index (χ1) is 7.83. The smallest absolute Gasteiger partial charge is 0.244 e. The number of hydrogen-bond acceptors (Lipinski definition) is 4. The Labute approximate surface area is 94.1 Å². The van der Waals surface area contributed by atoms with Crippen LogP contribution in [0, 0.1) is 0 Å². The van der Waals surface area contributed by atoms with Crippen LogP contribution in [-0.2, 0) is 0 Å². The fourth-order valence-corrected chi connectivity index (χ4v) is 1.47. The van der Waals surface area contributed by atoms with Gasteiger partial charge in [-0.05, 0) is 12.1 Å². The summed E-state index contributed by atoms with van der Waals surface area (Å²) in [6.45, 7) is 3.90. The fourth-order valence-electron chi connectivity index (χ4n) is 1.47. The molecule has 2 rings (SSSR count). The Morgan fingerprint density at radius 3 is 2.94 bits per heavy atom. The van der Waals surface area contributed by atoms with Crippen molar-refractivity contribution in [3.63, 3.8) is 0 Å². The molecule has 0 aromatic heterocycles. The summed E-state index contributed by atoms with van der Waals surface area (Å²) in [5.74, 6) is 2.04. The second kappa shape index (κ2) is 4.90. The van der Waals surface area contributed by atoms with E-state index in [1.54, 1.807) is 24.3 Å². The SMILES string of the molecule is C=CCC1Oc2ccc(OCCO)cc2O1. The van der Waals surface area contributed by atoms with Crippen LogP contribution < -0.4 is 14.2 Å². The molecule has 16 heavy (non-hydrogen) atoms. The lowest BCUT2D eigenvalue weighted by Gasteiger charge is -2.05. The summed E-state index contributed by atoms with van der Waals surface area (Å²) in [6, 6.07) is 5.34. The maximum atomic E-state index is 8.64. The van der Waals surface area contributed by atoms with Gasteiger partial charge in [0.05, 0.1) is 6.61 Å². The molecule has 1 atom stereocenters. The molecule has 0 spiro atoms. The largest absolute Gasteiger partial charge is 0.491 e. The molecule has 1 aliphatic heterocycles. The predicted molar refractivity (Wildman–Crippen MR) is 58.9 cm³/mol. The van der Waals surface area contributed by atoms with Gasteiger partial charge >= 0.3 is 0 Å². The molecule has 0 aliphatic carbocycles. The molecule has 1 aromatic carbocycles. The van der Waals surface area contributed by atoms with Crippen molar-refractivity contribution in [3.8, 4) is 17.2 Å². The maximum Gasteiger partial charge on any atom is 0.244 e. The number of benzene rings is 1. The van der Waals surface area contributed by atoms with Crippen LogP contribution in [0.15, 0.2) is 30.9 Å². The van der Waals surface area contributed by atoms with Crippen LogP contribution in [0.1, 0.15) is 6.42 Å². The minimum absolute atomic E-state index is 0.00642. The third-order valence-electron chi connectivity index (χ3n) is 2.15. The molecule has 4 heteroatoms. The number of aliphatic hydroxyl groups is 1. The molecule has 0 fully saturated rings. The van der Waals surface area contributed by atoms with E-state index >= 15 is 0 Å². The predicted octanol–water partition coefficient (Wildman–Crippen LogP) is 1.73. The molecule has 1 aromatic rings. The van der Waals surface area contributed by atoms with Crippen molar-refractivity contribution in [1.82, 2.24) is 0 Å². The van der Waals surface area contributed by atoms with Crippen molar-refractivity contribution < 1.29 is 19.3 Å². The molecule has 1 unspecified atom stereocenters. The third-order valence-corrected chi connectivity index (χ3v) is 2.15. The van der Waals surface area contributed by atoms with Crippen molar-refractivity contribution in [3.05, 3.63) is 30.9 Å². The summed E-state index contributed by atoms with van der Waals surface area (Å²) in [5, 5.41) is 8.64. The highest BCUT2D eigenvalue weighted by molar-refractivity contribution is 5.47. The molecule has 0 saturated carbocycles. The van der Waals surface area contributed by atoms with Gasteiger partial charge in [0.25, 0.3) is 0 Å². The van der Waals surface area contributed by atoms with Crippen LogP contribution in [-0.4, -0.2) is 24.6 Å². The van der Waals surface area contributed by atoms with Crippen LogP contribution >= 0.6 is 0 Å². The molecule has 0 amide bonds. The standard InChI is InChI=1S/C12H14O4/c1-2-3-12-15-10-5-4-9(14-7-6-13)8-11(10)16-12/h2,4-5,8,12-13H,1,3,6-7H2. The van der Waals surface area contributed by atoms with Crippen molar-refractivity contribution in [2.24, 2.45) is 0 Å². The maximum absolute atomic E-state index is 8.64. The average molecular weight is 222 g/mol. The summed E-state index contributed by atoms with van der Waals surface area (Å²) in [4.78, 5) is 0. The van der Waals surface area contributed by atoms with E-state index in [1.165, 1.54) is 0 Å². The molecule has 1 aliphatic rings. The van der Waals surface area contributed by atoms with E-state index in [0.717, 1.165) is 0 Å². The Balaban J connectivity index is 2.05. The Hall–Kier alpha value is -1.68. The number of fused-ring (bicyclic) bond motifs is 1. The highest BCUT2D eigenvalue weighted by Crippen LogP contribution is 2.38. The van der Waals surface area contributed by atoms with Gasteiger partial charge in [-0.2, -0.15) is 0 Å². The van der Waals surface area contributed by atoms with E-state index in [0.29, 0.717) is 23.7 Å². The molecular formula is C12H14O4. The van der Waals surface area contributed by atoms with E-state index in [4.69, 9.17) is 19.3 Å². The molecule has 0 bridgehead atoms. The highest BCUT2D eigenvalue weighted by Gasteiger charge is 2.23. The van der Waals surface area contributed by atoms with Crippen LogP contribution in [0.5, 0.6) is 17.2 Å². The Morgan fingerprint density at radius 2 is 2.19 bits per heavy atom. The zero-order chi connectivity index (χ0) is 11.4. The van der Waals surface area contributed by atoms with Gasteiger partial charge in [-0.1, -0.05) is 6.08 Å². The van der Waals surface area contributed by atoms with Gasteiger partial charge in [0.2, 0.25) is 6.29 Å². The van der Waals surface area contributed by atoms with Crippen LogP contribution in [0.25, 0.3) is 0 Å². The molecule has 86 valence electrons. The Bertz CT molecular complexity index is 375. The molecule has 1 heterocycles. The van der Waals surface area contributed by atoms with Gasteiger partial charge in [0.1, 0.15) is 12.4 Å². The lowest BCUT2D eigenvalue weighted by molar-refractivity contribution is 0.0527. The van der Waals surface area contributed by atoms with E-state index in [2.05, 4.69) is 6.58 Å². The summed E-state index contributed by atoms with van der Waals surface area (Å²) >= 11 is 0. The molecular weight excluding hydrogens is 208 g/mol. The number of rotatable bonds is 5. The second-order valence-corrected chi connectivity index (χ2v) is 3.37. The topological polar surface area (TPSA) is 47.9 Å². The normalized spacial score (nSPS) is 17.2. The Morgan fingerprint density at radius 1 is 1.38 bits per heavy atom. The van der Waals surface area contributed by atoms with E-state index in [1.807, 2.05) is 0 Å². The summed E-state index contributed by atoms with van der Waals surface area (Å²) in [5.41, 5.74) is 0. The average Bonchev–Trinajstić information content (AvgIpc) is 2.68. The van der Waals surface area contributed by atoms with Crippen LogP contribution in [0.4, 0.5) is 0 Å². The van der Waals surface area contributed by atoms with Gasteiger partial charge in [0.15, 0.2) is 11.5 Å². The number of hydrogen-bond donors (Lipinski definition) is 1. The monoisotopic (exact) mass is 222 g/mol. The summed E-state index contributed by atoms with van der Waals surface area (Å²) < 4.78 is 16.3.